The topological polar surface area (TPSA) is 21.6 Å². The molecule has 2 aromatic carbocycles. The van der Waals surface area contributed by atoms with E-state index < -0.39 is 11.7 Å². The van der Waals surface area contributed by atoms with Crippen LogP contribution in [0, 0.1) is 0 Å². The smallest absolute Gasteiger partial charge is 0.391 e. The maximum atomic E-state index is 12.9. The Kier molecular flexibility index (Phi) is 5.79. The zero-order valence-electron chi connectivity index (χ0n) is 11.4. The third-order valence-electron chi connectivity index (χ3n) is 2.82. The van der Waals surface area contributed by atoms with Gasteiger partial charge in [-0.15, -0.1) is 0 Å². The molecule has 0 spiro atoms. The second-order valence-corrected chi connectivity index (χ2v) is 5.75. The van der Waals surface area contributed by atoms with Crippen molar-refractivity contribution in [3.05, 3.63) is 68.2 Å². The summed E-state index contributed by atoms with van der Waals surface area (Å²) in [6.45, 7) is -0.00554. The second kappa shape index (κ2) is 7.43. The zero-order chi connectivity index (χ0) is 17.0. The highest BCUT2D eigenvalue weighted by molar-refractivity contribution is 6.35. The van der Waals surface area contributed by atoms with Crippen molar-refractivity contribution in [1.82, 2.24) is 0 Å². The Labute approximate surface area is 145 Å². The van der Waals surface area contributed by atoms with Crippen LogP contribution in [0.3, 0.4) is 0 Å². The average Bonchev–Trinajstić information content (AvgIpc) is 2.44. The lowest BCUT2D eigenvalue weighted by Crippen LogP contribution is -2.08. The van der Waals surface area contributed by atoms with Crippen LogP contribution >= 0.6 is 34.8 Å². The van der Waals surface area contributed by atoms with E-state index in [0.29, 0.717) is 15.6 Å². The Morgan fingerprint density at radius 1 is 1.00 bits per heavy atom. The van der Waals surface area contributed by atoms with E-state index in [1.54, 1.807) is 12.1 Å². The Balaban J connectivity index is 2.10. The van der Waals surface area contributed by atoms with E-state index in [1.165, 1.54) is 6.07 Å². The number of alkyl halides is 3. The number of hydrogen-bond donors (Lipinski definition) is 0. The van der Waals surface area contributed by atoms with Crippen LogP contribution in [0.15, 0.2) is 41.6 Å². The molecule has 122 valence electrons. The summed E-state index contributed by atoms with van der Waals surface area (Å²) in [5.41, 5.74) is -0.429. The van der Waals surface area contributed by atoms with E-state index in [1.807, 2.05) is 0 Å². The molecule has 2 nitrogen and oxygen atoms in total. The first-order valence-electron chi connectivity index (χ1n) is 6.23. The van der Waals surface area contributed by atoms with Crippen LogP contribution in [0.25, 0.3) is 0 Å². The van der Waals surface area contributed by atoms with Gasteiger partial charge in [-0.2, -0.15) is 13.2 Å². The summed E-state index contributed by atoms with van der Waals surface area (Å²) >= 11 is 17.4. The first-order valence-corrected chi connectivity index (χ1v) is 7.37. The monoisotopic (exact) mass is 381 g/mol. The van der Waals surface area contributed by atoms with Gasteiger partial charge in [-0.3, -0.25) is 0 Å². The fourth-order valence-corrected chi connectivity index (χ4v) is 2.38. The average molecular weight is 383 g/mol. The molecule has 0 aliphatic heterocycles. The van der Waals surface area contributed by atoms with Crippen molar-refractivity contribution in [1.29, 1.82) is 0 Å². The molecule has 2 aromatic rings. The molecule has 0 aliphatic rings. The van der Waals surface area contributed by atoms with Gasteiger partial charge in [0.25, 0.3) is 0 Å². The van der Waals surface area contributed by atoms with Crippen molar-refractivity contribution < 1.29 is 18.0 Å². The van der Waals surface area contributed by atoms with Gasteiger partial charge in [0.1, 0.15) is 6.61 Å². The van der Waals surface area contributed by atoms with E-state index >= 15 is 0 Å². The van der Waals surface area contributed by atoms with E-state index in [9.17, 15) is 13.2 Å². The maximum Gasteiger partial charge on any atom is 0.417 e. The number of benzene rings is 2. The molecule has 0 aromatic heterocycles. The summed E-state index contributed by atoms with van der Waals surface area (Å²) in [5.74, 6) is 0. The molecule has 0 saturated carbocycles. The molecular formula is C15H9Cl3F3NO. The molecule has 8 heteroatoms. The lowest BCUT2D eigenvalue weighted by Gasteiger charge is -2.10. The van der Waals surface area contributed by atoms with Gasteiger partial charge in [0, 0.05) is 26.2 Å². The molecule has 0 bridgehead atoms. The maximum absolute atomic E-state index is 12.9. The van der Waals surface area contributed by atoms with Crippen molar-refractivity contribution in [2.24, 2.45) is 5.16 Å². The summed E-state index contributed by atoms with van der Waals surface area (Å²) in [6.07, 6.45) is -3.55. The number of rotatable bonds is 4. The number of nitrogens with zero attached hydrogens (tertiary/aromatic N) is 1. The highest BCUT2D eigenvalue weighted by Gasteiger charge is 2.32. The van der Waals surface area contributed by atoms with Gasteiger partial charge in [-0.05, 0) is 30.3 Å². The van der Waals surface area contributed by atoms with Crippen molar-refractivity contribution in [3.8, 4) is 0 Å². The van der Waals surface area contributed by atoms with Crippen LogP contribution in [-0.2, 0) is 17.6 Å². The van der Waals surface area contributed by atoms with Crippen LogP contribution in [0.4, 0.5) is 13.2 Å². The molecule has 23 heavy (non-hydrogen) atoms. The number of halogens is 6. The van der Waals surface area contributed by atoms with Crippen LogP contribution in [0.5, 0.6) is 0 Å². The molecular weight excluding hydrogens is 374 g/mol. The van der Waals surface area contributed by atoms with Crippen molar-refractivity contribution in [2.75, 3.05) is 0 Å². The normalized spacial score (nSPS) is 11.9. The van der Waals surface area contributed by atoms with Gasteiger partial charge in [0.05, 0.1) is 11.8 Å². The summed E-state index contributed by atoms with van der Waals surface area (Å²) in [4.78, 5) is 4.98. The molecule has 0 saturated heterocycles. The molecule has 0 amide bonds. The second-order valence-electron chi connectivity index (χ2n) is 4.47. The first-order chi connectivity index (χ1) is 10.8. The fourth-order valence-electron chi connectivity index (χ4n) is 1.74. The van der Waals surface area contributed by atoms with Crippen molar-refractivity contribution in [3.63, 3.8) is 0 Å². The number of oxime groups is 1. The Bertz CT molecular complexity index is 732. The van der Waals surface area contributed by atoms with E-state index in [-0.39, 0.29) is 17.2 Å². The van der Waals surface area contributed by atoms with Gasteiger partial charge in [0.2, 0.25) is 0 Å². The molecule has 0 fully saturated rings. The predicted molar refractivity (Wildman–Crippen MR) is 85.3 cm³/mol. The molecule has 0 heterocycles. The quantitative estimate of drug-likeness (QED) is 0.454. The summed E-state index contributed by atoms with van der Waals surface area (Å²) in [6, 6.07) is 8.00. The summed E-state index contributed by atoms with van der Waals surface area (Å²) in [5, 5.41) is 4.56. The largest absolute Gasteiger partial charge is 0.417 e. The van der Waals surface area contributed by atoms with Gasteiger partial charge in [0.15, 0.2) is 0 Å². The molecule has 2 rings (SSSR count). The van der Waals surface area contributed by atoms with Crippen LogP contribution in [-0.4, -0.2) is 6.21 Å². The minimum absolute atomic E-state index is 0.00554. The SMILES string of the molecule is FC(F)(F)c1ccc(Cl)cc1C=NOCc1ccc(Cl)cc1Cl. The molecule has 0 radical (unpaired) electrons. The summed E-state index contributed by atoms with van der Waals surface area (Å²) < 4.78 is 38.6. The summed E-state index contributed by atoms with van der Waals surface area (Å²) in [7, 11) is 0. The molecule has 0 unspecified atom stereocenters. The Hall–Kier alpha value is -1.43. The molecule has 0 atom stereocenters. The minimum Gasteiger partial charge on any atom is -0.391 e. The van der Waals surface area contributed by atoms with E-state index in [0.717, 1.165) is 24.4 Å². The van der Waals surface area contributed by atoms with Crippen LogP contribution in [0.2, 0.25) is 15.1 Å². The standard InChI is InChI=1S/C15H9Cl3F3NO/c16-11-3-4-13(15(19,20)21)10(5-11)7-22-23-8-9-1-2-12(17)6-14(9)18/h1-7H,8H2. The third kappa shape index (κ3) is 5.03. The lowest BCUT2D eigenvalue weighted by molar-refractivity contribution is -0.137. The lowest BCUT2D eigenvalue weighted by atomic mass is 10.1. The molecule has 0 N–H and O–H groups in total. The fraction of sp³-hybridized carbons (Fsp3) is 0.133. The van der Waals surface area contributed by atoms with Gasteiger partial charge in [-0.1, -0.05) is 46.0 Å². The molecule has 0 aliphatic carbocycles. The number of hydrogen-bond acceptors (Lipinski definition) is 2. The van der Waals surface area contributed by atoms with Crippen LogP contribution < -0.4 is 0 Å². The highest BCUT2D eigenvalue weighted by atomic mass is 35.5. The van der Waals surface area contributed by atoms with E-state index in [2.05, 4.69) is 5.16 Å². The van der Waals surface area contributed by atoms with Gasteiger partial charge < -0.3 is 4.84 Å². The van der Waals surface area contributed by atoms with Gasteiger partial charge >= 0.3 is 6.18 Å². The van der Waals surface area contributed by atoms with Crippen molar-refractivity contribution in [2.45, 2.75) is 12.8 Å². The van der Waals surface area contributed by atoms with Gasteiger partial charge in [-0.25, -0.2) is 0 Å². The minimum atomic E-state index is -4.51. The van der Waals surface area contributed by atoms with Crippen LogP contribution in [0.1, 0.15) is 16.7 Å². The third-order valence-corrected chi connectivity index (χ3v) is 3.64. The predicted octanol–water partition coefficient (Wildman–Crippen LogP) is 6.22. The Morgan fingerprint density at radius 3 is 2.30 bits per heavy atom. The van der Waals surface area contributed by atoms with E-state index in [4.69, 9.17) is 39.6 Å². The highest BCUT2D eigenvalue weighted by Crippen LogP contribution is 2.32. The first kappa shape index (κ1) is 17.9. The Morgan fingerprint density at radius 2 is 1.65 bits per heavy atom. The zero-order valence-corrected chi connectivity index (χ0v) is 13.6. The van der Waals surface area contributed by atoms with Crippen molar-refractivity contribution >= 4 is 41.0 Å².